The van der Waals surface area contributed by atoms with Gasteiger partial charge in [-0.1, -0.05) is 44.0 Å². The maximum Gasteiger partial charge on any atom is 0.250 e. The third-order valence-corrected chi connectivity index (χ3v) is 3.77. The first-order chi connectivity index (χ1) is 10.5. The van der Waals surface area contributed by atoms with Crippen LogP contribution in [0, 0.1) is 0 Å². The van der Waals surface area contributed by atoms with E-state index in [9.17, 15) is 9.59 Å². The van der Waals surface area contributed by atoms with Crippen LogP contribution in [0.4, 0.5) is 5.69 Å². The predicted octanol–water partition coefficient (Wildman–Crippen LogP) is 3.96. The second-order valence-electron chi connectivity index (χ2n) is 4.43. The van der Waals surface area contributed by atoms with E-state index in [2.05, 4.69) is 37.2 Å². The van der Waals surface area contributed by atoms with Gasteiger partial charge in [0.05, 0.1) is 11.3 Å². The summed E-state index contributed by atoms with van der Waals surface area (Å²) in [5.41, 5.74) is 6.81. The lowest BCUT2D eigenvalue weighted by atomic mass is 10.1. The van der Waals surface area contributed by atoms with Crippen LogP contribution in [-0.4, -0.2) is 11.8 Å². The molecule has 22 heavy (non-hydrogen) atoms. The molecule has 0 aliphatic carbocycles. The smallest absolute Gasteiger partial charge is 0.250 e. The molecule has 0 bridgehead atoms. The highest BCUT2D eigenvalue weighted by molar-refractivity contribution is 9.10. The second-order valence-corrected chi connectivity index (χ2v) is 6.26. The molecule has 0 atom stereocenters. The number of carbonyl (C=O) groups excluding carboxylic acids is 2. The van der Waals surface area contributed by atoms with Gasteiger partial charge in [0.25, 0.3) is 5.91 Å². The highest BCUT2D eigenvalue weighted by Gasteiger charge is 2.10. The van der Waals surface area contributed by atoms with Gasteiger partial charge in [-0.25, -0.2) is 0 Å². The molecule has 2 aromatic rings. The molecule has 2 amide bonds. The lowest BCUT2D eigenvalue weighted by Gasteiger charge is -2.07. The molecule has 2 rings (SSSR count). The van der Waals surface area contributed by atoms with E-state index in [4.69, 9.17) is 5.73 Å². The molecule has 0 spiro atoms. The summed E-state index contributed by atoms with van der Waals surface area (Å²) in [6.45, 7) is 0. The molecular weight excluding hydrogens is 412 g/mol. The lowest BCUT2D eigenvalue weighted by Crippen LogP contribution is -2.16. The van der Waals surface area contributed by atoms with Gasteiger partial charge in [-0.15, -0.1) is 0 Å². The number of nitrogens with two attached hydrogens (primary N) is 1. The SMILES string of the molecule is NC(=O)c1cc(Br)ccc1NC(=O)/C=C/c1cccc(Br)c1. The number of amides is 2. The fourth-order valence-corrected chi connectivity index (χ4v) is 2.56. The third-order valence-electron chi connectivity index (χ3n) is 2.78. The number of benzene rings is 2. The zero-order valence-electron chi connectivity index (χ0n) is 11.3. The molecule has 6 heteroatoms. The third kappa shape index (κ3) is 4.54. The first-order valence-corrected chi connectivity index (χ1v) is 7.88. The molecule has 0 saturated carbocycles. The van der Waals surface area contributed by atoms with Crippen molar-refractivity contribution in [3.8, 4) is 0 Å². The number of rotatable bonds is 4. The van der Waals surface area contributed by atoms with Crippen LogP contribution in [0.15, 0.2) is 57.5 Å². The normalized spacial score (nSPS) is 10.6. The molecule has 0 radical (unpaired) electrons. The Hall–Kier alpha value is -1.92. The average molecular weight is 424 g/mol. The molecule has 0 fully saturated rings. The van der Waals surface area contributed by atoms with E-state index >= 15 is 0 Å². The number of anilines is 1. The zero-order valence-corrected chi connectivity index (χ0v) is 14.5. The van der Waals surface area contributed by atoms with E-state index in [0.717, 1.165) is 10.0 Å². The summed E-state index contributed by atoms with van der Waals surface area (Å²) in [7, 11) is 0. The van der Waals surface area contributed by atoms with Crippen molar-refractivity contribution in [2.75, 3.05) is 5.32 Å². The molecule has 3 N–H and O–H groups in total. The Labute approximate surface area is 144 Å². The van der Waals surface area contributed by atoms with Crippen molar-refractivity contribution in [2.24, 2.45) is 5.73 Å². The number of hydrogen-bond acceptors (Lipinski definition) is 2. The van der Waals surface area contributed by atoms with E-state index in [1.165, 1.54) is 6.08 Å². The monoisotopic (exact) mass is 422 g/mol. The maximum absolute atomic E-state index is 12.0. The lowest BCUT2D eigenvalue weighted by molar-refractivity contribution is -0.111. The summed E-state index contributed by atoms with van der Waals surface area (Å²) < 4.78 is 1.64. The number of carbonyl (C=O) groups is 2. The highest BCUT2D eigenvalue weighted by atomic mass is 79.9. The van der Waals surface area contributed by atoms with Gasteiger partial charge in [-0.2, -0.15) is 0 Å². The Bertz CT molecular complexity index is 758. The highest BCUT2D eigenvalue weighted by Crippen LogP contribution is 2.21. The topological polar surface area (TPSA) is 72.2 Å². The second kappa shape index (κ2) is 7.38. The zero-order chi connectivity index (χ0) is 16.1. The van der Waals surface area contributed by atoms with Crippen molar-refractivity contribution >= 4 is 55.4 Å². The fourth-order valence-electron chi connectivity index (χ4n) is 1.79. The van der Waals surface area contributed by atoms with Crippen LogP contribution in [0.3, 0.4) is 0 Å². The molecule has 4 nitrogen and oxygen atoms in total. The molecule has 0 aromatic heterocycles. The van der Waals surface area contributed by atoms with Gasteiger partial charge in [0.15, 0.2) is 0 Å². The Kier molecular flexibility index (Phi) is 5.51. The quantitative estimate of drug-likeness (QED) is 0.730. The Balaban J connectivity index is 2.14. The van der Waals surface area contributed by atoms with Gasteiger partial charge in [-0.3, -0.25) is 9.59 Å². The van der Waals surface area contributed by atoms with Crippen LogP contribution in [0.1, 0.15) is 15.9 Å². The molecule has 0 heterocycles. The predicted molar refractivity (Wildman–Crippen MR) is 94.5 cm³/mol. The minimum absolute atomic E-state index is 0.249. The Morgan fingerprint density at radius 1 is 1.05 bits per heavy atom. The van der Waals surface area contributed by atoms with Crippen molar-refractivity contribution in [3.05, 3.63) is 68.6 Å². The van der Waals surface area contributed by atoms with Gasteiger partial charge in [0.2, 0.25) is 5.91 Å². The van der Waals surface area contributed by atoms with E-state index < -0.39 is 5.91 Å². The number of nitrogens with one attached hydrogen (secondary N) is 1. The summed E-state index contributed by atoms with van der Waals surface area (Å²) in [4.78, 5) is 23.4. The number of primary amides is 1. The first kappa shape index (κ1) is 16.5. The van der Waals surface area contributed by atoms with Gasteiger partial charge in [0, 0.05) is 15.0 Å². The summed E-state index contributed by atoms with van der Waals surface area (Å²) in [6.07, 6.45) is 3.08. The van der Waals surface area contributed by atoms with Crippen LogP contribution in [0.5, 0.6) is 0 Å². The molecule has 0 saturated heterocycles. The molecular formula is C16H12Br2N2O2. The van der Waals surface area contributed by atoms with Gasteiger partial charge >= 0.3 is 0 Å². The first-order valence-electron chi connectivity index (χ1n) is 6.29. The summed E-state index contributed by atoms with van der Waals surface area (Å²) in [5.74, 6) is -0.947. The Morgan fingerprint density at radius 3 is 2.45 bits per heavy atom. The molecule has 112 valence electrons. The average Bonchev–Trinajstić information content (AvgIpc) is 2.47. The van der Waals surface area contributed by atoms with Gasteiger partial charge in [-0.05, 0) is 42.0 Å². The van der Waals surface area contributed by atoms with Crippen LogP contribution in [0.25, 0.3) is 6.08 Å². The van der Waals surface area contributed by atoms with Crippen molar-refractivity contribution < 1.29 is 9.59 Å². The van der Waals surface area contributed by atoms with Crippen LogP contribution in [0.2, 0.25) is 0 Å². The summed E-state index contributed by atoms with van der Waals surface area (Å²) >= 11 is 6.62. The fraction of sp³-hybridized carbons (Fsp3) is 0. The van der Waals surface area contributed by atoms with Gasteiger partial charge in [0.1, 0.15) is 0 Å². The van der Waals surface area contributed by atoms with Crippen molar-refractivity contribution in [3.63, 3.8) is 0 Å². The molecule has 0 aliphatic rings. The minimum atomic E-state index is -0.604. The number of hydrogen-bond donors (Lipinski definition) is 2. The van der Waals surface area contributed by atoms with E-state index in [-0.39, 0.29) is 11.5 Å². The standard InChI is InChI=1S/C16H12Br2N2O2/c17-11-3-1-2-10(8-11)4-7-15(21)20-14-6-5-12(18)9-13(14)16(19)22/h1-9H,(H2,19,22)(H,20,21)/b7-4+. The van der Waals surface area contributed by atoms with Crippen molar-refractivity contribution in [2.45, 2.75) is 0 Å². The van der Waals surface area contributed by atoms with E-state index in [0.29, 0.717) is 10.2 Å². The summed E-state index contributed by atoms with van der Waals surface area (Å²) in [5, 5.41) is 2.64. The van der Waals surface area contributed by atoms with Crippen molar-refractivity contribution in [1.82, 2.24) is 0 Å². The van der Waals surface area contributed by atoms with Gasteiger partial charge < -0.3 is 11.1 Å². The van der Waals surface area contributed by atoms with E-state index in [1.807, 2.05) is 24.3 Å². The van der Waals surface area contributed by atoms with Crippen LogP contribution >= 0.6 is 31.9 Å². The minimum Gasteiger partial charge on any atom is -0.366 e. The summed E-state index contributed by atoms with van der Waals surface area (Å²) in [6, 6.07) is 12.5. The molecule has 0 unspecified atom stereocenters. The maximum atomic E-state index is 12.0. The molecule has 2 aromatic carbocycles. The van der Waals surface area contributed by atoms with Crippen LogP contribution in [-0.2, 0) is 4.79 Å². The Morgan fingerprint density at radius 2 is 1.77 bits per heavy atom. The van der Waals surface area contributed by atoms with Crippen LogP contribution < -0.4 is 11.1 Å². The van der Waals surface area contributed by atoms with Crippen molar-refractivity contribution in [1.29, 1.82) is 0 Å². The number of halogens is 2. The van der Waals surface area contributed by atoms with E-state index in [1.54, 1.807) is 24.3 Å². The largest absolute Gasteiger partial charge is 0.366 e. The molecule has 0 aliphatic heterocycles.